The summed E-state index contributed by atoms with van der Waals surface area (Å²) in [6, 6.07) is 105. The molecule has 15 aromatic rings. The Balaban J connectivity index is 0.901. The second kappa shape index (κ2) is 21.3. The van der Waals surface area contributed by atoms with Crippen LogP contribution in [0, 0.1) is 6.92 Å². The summed E-state index contributed by atoms with van der Waals surface area (Å²) in [5, 5.41) is 2.31. The predicted molar refractivity (Wildman–Crippen MR) is 364 cm³/mol. The van der Waals surface area contributed by atoms with Crippen LogP contribution in [0.15, 0.2) is 297 Å². The topological polar surface area (TPSA) is 88.7 Å². The SMILES string of the molecule is Cc1ccc2c(c1)c1ccccc1n2-c1ccc(-c2nc(-c3ccccc3)nc(-c3ccccc3)n2)cc1-c1nc(-c2ccccc2)nc(-c2cccc(-c3ccc4c5c3N(c3ccccc3)c3ccccc3B5c3ccccc3N4c3ccccc3)c2)n1. The first-order chi connectivity index (χ1) is 44.1. The average Bonchev–Trinajstić information content (AvgIpc) is 1.25. The van der Waals surface area contributed by atoms with E-state index in [1.54, 1.807) is 0 Å². The van der Waals surface area contributed by atoms with Gasteiger partial charge >= 0.3 is 0 Å². The molecule has 5 heterocycles. The number of fused-ring (bicyclic) bond motifs is 7. The van der Waals surface area contributed by atoms with Gasteiger partial charge in [-0.1, -0.05) is 218 Å². The number of benzene rings is 12. The predicted octanol–water partition coefficient (Wildman–Crippen LogP) is 17.2. The lowest BCUT2D eigenvalue weighted by Crippen LogP contribution is -2.61. The quantitative estimate of drug-likeness (QED) is 0.125. The lowest BCUT2D eigenvalue weighted by atomic mass is 9.33. The van der Waals surface area contributed by atoms with E-state index in [2.05, 4.69) is 240 Å². The summed E-state index contributed by atoms with van der Waals surface area (Å²) in [4.78, 5) is 37.0. The summed E-state index contributed by atoms with van der Waals surface area (Å²) >= 11 is 0. The highest BCUT2D eigenvalue weighted by molar-refractivity contribution is 7.00. The zero-order valence-electron chi connectivity index (χ0n) is 48.4. The Kier molecular flexibility index (Phi) is 12.3. The summed E-state index contributed by atoms with van der Waals surface area (Å²) in [5.74, 6) is 3.23. The zero-order valence-corrected chi connectivity index (χ0v) is 48.4. The van der Waals surface area contributed by atoms with Crippen molar-refractivity contribution in [3.05, 3.63) is 303 Å². The van der Waals surface area contributed by atoms with E-state index in [9.17, 15) is 0 Å². The highest BCUT2D eigenvalue weighted by Gasteiger charge is 2.44. The third kappa shape index (κ3) is 8.79. The number of hydrogen-bond acceptors (Lipinski definition) is 8. The average molecular weight is 1140 g/mol. The first-order valence-corrected chi connectivity index (χ1v) is 30.1. The molecule has 0 bridgehead atoms. The Bertz CT molecular complexity index is 5170. The van der Waals surface area contributed by atoms with Gasteiger partial charge in [-0.25, -0.2) is 29.9 Å². The molecule has 0 aliphatic carbocycles. The van der Waals surface area contributed by atoms with Crippen LogP contribution in [0.1, 0.15) is 5.56 Å². The van der Waals surface area contributed by atoms with Crippen molar-refractivity contribution in [2.45, 2.75) is 6.92 Å². The van der Waals surface area contributed by atoms with Crippen LogP contribution < -0.4 is 26.2 Å². The van der Waals surface area contributed by atoms with Crippen LogP contribution in [-0.4, -0.2) is 41.2 Å². The van der Waals surface area contributed by atoms with E-state index >= 15 is 0 Å². The molecule has 2 aliphatic rings. The largest absolute Gasteiger partial charge is 0.311 e. The standard InChI is InChI=1S/C79H52BN9/c1-51-42-45-67-62(48-51)61-36-17-20-39-66(61)89(67)68-46-43-57(78-82-74(52-24-7-2-8-25-52)81-75(83-78)53-26-9-3-10-27-53)50-63(68)79-85-76(54-28-11-4-12-29-54)84-77(86-79)56-31-23-30-55(49-56)60-44-47-71-72-73(60)88(59-34-15-6-16-35-59)70-41-22-19-38-65(70)80(72)64-37-18-21-40-69(64)87(71)58-32-13-5-14-33-58/h2-50H,1H3. The lowest BCUT2D eigenvalue weighted by molar-refractivity contribution is 1.06. The molecule has 17 rings (SSSR count). The van der Waals surface area contributed by atoms with Gasteiger partial charge in [0.15, 0.2) is 34.9 Å². The van der Waals surface area contributed by atoms with E-state index in [4.69, 9.17) is 29.9 Å². The van der Waals surface area contributed by atoms with Crippen LogP contribution in [0.5, 0.6) is 0 Å². The molecule has 0 fully saturated rings. The molecule has 10 heteroatoms. The molecule has 12 aromatic carbocycles. The molecule has 9 nitrogen and oxygen atoms in total. The molecule has 0 unspecified atom stereocenters. The molecule has 0 atom stereocenters. The van der Waals surface area contributed by atoms with Gasteiger partial charge in [0.1, 0.15) is 0 Å². The van der Waals surface area contributed by atoms with Gasteiger partial charge in [0.2, 0.25) is 0 Å². The number of aromatic nitrogens is 7. The smallest absolute Gasteiger partial charge is 0.252 e. The first kappa shape index (κ1) is 51.5. The van der Waals surface area contributed by atoms with Crippen molar-refractivity contribution >= 4 is 79.0 Å². The minimum absolute atomic E-state index is 0.0501. The highest BCUT2D eigenvalue weighted by atomic mass is 15.2. The van der Waals surface area contributed by atoms with Crippen LogP contribution in [0.2, 0.25) is 0 Å². The van der Waals surface area contributed by atoms with E-state index in [0.29, 0.717) is 34.9 Å². The van der Waals surface area contributed by atoms with Crippen molar-refractivity contribution in [2.24, 2.45) is 0 Å². The third-order valence-electron chi connectivity index (χ3n) is 17.3. The summed E-state index contributed by atoms with van der Waals surface area (Å²) in [6.07, 6.45) is 0. The summed E-state index contributed by atoms with van der Waals surface area (Å²) < 4.78 is 2.34. The molecular formula is C79H52BN9. The van der Waals surface area contributed by atoms with Gasteiger partial charge in [-0.15, -0.1) is 0 Å². The fraction of sp³-hybridized carbons (Fsp3) is 0.0127. The third-order valence-corrected chi connectivity index (χ3v) is 17.3. The summed E-state index contributed by atoms with van der Waals surface area (Å²) in [6.45, 7) is 2.10. The van der Waals surface area contributed by atoms with Crippen molar-refractivity contribution in [2.75, 3.05) is 9.80 Å². The molecule has 3 aromatic heterocycles. The van der Waals surface area contributed by atoms with E-state index < -0.39 is 0 Å². The zero-order chi connectivity index (χ0) is 58.9. The highest BCUT2D eigenvalue weighted by Crippen LogP contribution is 2.48. The van der Waals surface area contributed by atoms with Gasteiger partial charge in [-0.3, -0.25) is 0 Å². The molecule has 0 radical (unpaired) electrons. The monoisotopic (exact) mass is 1140 g/mol. The Labute approximate surface area is 515 Å². The summed E-state index contributed by atoms with van der Waals surface area (Å²) in [5.41, 5.74) is 21.8. The minimum Gasteiger partial charge on any atom is -0.311 e. The van der Waals surface area contributed by atoms with Gasteiger partial charge in [-0.05, 0) is 114 Å². The van der Waals surface area contributed by atoms with E-state index in [-0.39, 0.29) is 6.71 Å². The number of nitrogens with zero attached hydrogens (tertiary/aromatic N) is 9. The maximum atomic E-state index is 5.64. The second-order valence-electron chi connectivity index (χ2n) is 22.7. The molecule has 0 saturated carbocycles. The molecule has 2 aliphatic heterocycles. The molecular weight excluding hydrogens is 1090 g/mol. The Hall–Kier alpha value is -11.9. The van der Waals surface area contributed by atoms with Crippen molar-refractivity contribution in [1.29, 1.82) is 0 Å². The van der Waals surface area contributed by atoms with Gasteiger partial charge in [-0.2, -0.15) is 0 Å². The molecule has 0 spiro atoms. The van der Waals surface area contributed by atoms with Crippen molar-refractivity contribution in [3.63, 3.8) is 0 Å². The molecule has 0 N–H and O–H groups in total. The molecule has 0 amide bonds. The van der Waals surface area contributed by atoms with Crippen LogP contribution in [-0.2, 0) is 0 Å². The lowest BCUT2D eigenvalue weighted by Gasteiger charge is -2.45. The minimum atomic E-state index is -0.0501. The van der Waals surface area contributed by atoms with E-state index in [1.165, 1.54) is 27.6 Å². The molecule has 89 heavy (non-hydrogen) atoms. The van der Waals surface area contributed by atoms with Crippen LogP contribution >= 0.6 is 0 Å². The number of anilines is 6. The van der Waals surface area contributed by atoms with Gasteiger partial charge < -0.3 is 14.4 Å². The maximum absolute atomic E-state index is 5.64. The number of hydrogen-bond donors (Lipinski definition) is 0. The number of rotatable bonds is 10. The fourth-order valence-electron chi connectivity index (χ4n) is 13.4. The Morgan fingerprint density at radius 2 is 0.730 bits per heavy atom. The maximum Gasteiger partial charge on any atom is 0.252 e. The Morgan fingerprint density at radius 1 is 0.281 bits per heavy atom. The van der Waals surface area contributed by atoms with Gasteiger partial charge in [0.05, 0.1) is 22.4 Å². The van der Waals surface area contributed by atoms with Crippen molar-refractivity contribution in [3.8, 4) is 85.1 Å². The second-order valence-corrected chi connectivity index (χ2v) is 22.7. The Morgan fingerprint density at radius 3 is 1.34 bits per heavy atom. The number of para-hydroxylation sites is 5. The van der Waals surface area contributed by atoms with Crippen molar-refractivity contribution in [1.82, 2.24) is 34.5 Å². The molecule has 0 saturated heterocycles. The van der Waals surface area contributed by atoms with Crippen LogP contribution in [0.25, 0.3) is 107 Å². The summed E-state index contributed by atoms with van der Waals surface area (Å²) in [7, 11) is 0. The number of aryl methyl sites for hydroxylation is 1. The molecule has 416 valence electrons. The van der Waals surface area contributed by atoms with Crippen LogP contribution in [0.4, 0.5) is 34.1 Å². The van der Waals surface area contributed by atoms with E-state index in [1.807, 2.05) is 78.9 Å². The normalized spacial score (nSPS) is 12.3. The van der Waals surface area contributed by atoms with Gasteiger partial charge in [0.25, 0.3) is 6.71 Å². The van der Waals surface area contributed by atoms with Crippen LogP contribution in [0.3, 0.4) is 0 Å². The van der Waals surface area contributed by atoms with Gasteiger partial charge in [0, 0.05) is 78.2 Å². The first-order valence-electron chi connectivity index (χ1n) is 30.1. The fourth-order valence-corrected chi connectivity index (χ4v) is 13.4. The van der Waals surface area contributed by atoms with E-state index in [0.717, 1.165) is 100 Å². The van der Waals surface area contributed by atoms with Crippen molar-refractivity contribution < 1.29 is 0 Å².